The second-order valence-corrected chi connectivity index (χ2v) is 3.64. The Kier molecular flexibility index (Phi) is 3.23. The summed E-state index contributed by atoms with van der Waals surface area (Å²) in [6.07, 6.45) is -0.00894. The fourth-order valence-electron chi connectivity index (χ4n) is 1.91. The number of hydrogen-bond acceptors (Lipinski definition) is 4. The SMILES string of the molecule is O=C(O)C1CCC([N+](=O)[O-])CC1C(=O)O. The van der Waals surface area contributed by atoms with E-state index in [1.807, 2.05) is 0 Å². The molecule has 0 bridgehead atoms. The molecule has 0 radical (unpaired) electrons. The predicted octanol–water partition coefficient (Wildman–Crippen LogP) is 0.217. The summed E-state index contributed by atoms with van der Waals surface area (Å²) in [4.78, 5) is 31.4. The number of carboxylic acid groups (broad SMARTS) is 2. The number of rotatable bonds is 3. The largest absolute Gasteiger partial charge is 0.481 e. The molecule has 0 spiro atoms. The Bertz CT molecular complexity index is 302. The Morgan fingerprint density at radius 2 is 1.67 bits per heavy atom. The van der Waals surface area contributed by atoms with Gasteiger partial charge >= 0.3 is 11.9 Å². The summed E-state index contributed by atoms with van der Waals surface area (Å²) < 4.78 is 0. The summed E-state index contributed by atoms with van der Waals surface area (Å²) >= 11 is 0. The topological polar surface area (TPSA) is 118 Å². The van der Waals surface area contributed by atoms with E-state index in [2.05, 4.69) is 0 Å². The molecule has 1 saturated carbocycles. The molecule has 0 aromatic carbocycles. The molecule has 1 rings (SSSR count). The second kappa shape index (κ2) is 4.24. The number of carboxylic acids is 2. The molecule has 3 atom stereocenters. The molecule has 7 nitrogen and oxygen atoms in total. The standard InChI is InChI=1S/C8H11NO6/c10-7(11)5-2-1-4(9(14)15)3-6(5)8(12)13/h4-6H,1-3H2,(H,10,11)(H,12,13). The van der Waals surface area contributed by atoms with E-state index in [4.69, 9.17) is 10.2 Å². The zero-order valence-corrected chi connectivity index (χ0v) is 7.83. The summed E-state index contributed by atoms with van der Waals surface area (Å²) in [5.74, 6) is -4.61. The van der Waals surface area contributed by atoms with Crippen LogP contribution in [-0.2, 0) is 9.59 Å². The molecule has 7 heteroatoms. The van der Waals surface area contributed by atoms with E-state index < -0.39 is 34.7 Å². The van der Waals surface area contributed by atoms with Gasteiger partial charge in [0.2, 0.25) is 6.04 Å². The molecular formula is C8H11NO6. The lowest BCUT2D eigenvalue weighted by atomic mass is 9.77. The molecule has 0 heterocycles. The van der Waals surface area contributed by atoms with Crippen LogP contribution in [0.1, 0.15) is 19.3 Å². The van der Waals surface area contributed by atoms with Crippen LogP contribution < -0.4 is 0 Å². The van der Waals surface area contributed by atoms with Crippen LogP contribution in [0.2, 0.25) is 0 Å². The minimum atomic E-state index is -1.27. The minimum absolute atomic E-state index is 0.0535. The van der Waals surface area contributed by atoms with Crippen LogP contribution in [0.25, 0.3) is 0 Å². The van der Waals surface area contributed by atoms with Crippen molar-refractivity contribution in [2.24, 2.45) is 11.8 Å². The van der Waals surface area contributed by atoms with Crippen LogP contribution in [-0.4, -0.2) is 33.1 Å². The molecule has 84 valence electrons. The van der Waals surface area contributed by atoms with Crippen LogP contribution in [0.5, 0.6) is 0 Å². The Morgan fingerprint density at radius 1 is 1.13 bits per heavy atom. The summed E-state index contributed by atoms with van der Waals surface area (Å²) in [5.41, 5.74) is 0. The maximum atomic E-state index is 10.8. The molecule has 0 saturated heterocycles. The molecule has 1 fully saturated rings. The van der Waals surface area contributed by atoms with Gasteiger partial charge in [-0.3, -0.25) is 19.7 Å². The predicted molar refractivity (Wildman–Crippen MR) is 46.9 cm³/mol. The van der Waals surface area contributed by atoms with Gasteiger partial charge in [-0.2, -0.15) is 0 Å². The van der Waals surface area contributed by atoms with Crippen molar-refractivity contribution in [3.8, 4) is 0 Å². The van der Waals surface area contributed by atoms with Crippen LogP contribution in [0.4, 0.5) is 0 Å². The maximum Gasteiger partial charge on any atom is 0.307 e. The smallest absolute Gasteiger partial charge is 0.307 e. The first-order chi connectivity index (χ1) is 6.93. The molecule has 0 aromatic rings. The molecular weight excluding hydrogens is 206 g/mol. The molecule has 15 heavy (non-hydrogen) atoms. The van der Waals surface area contributed by atoms with Gasteiger partial charge in [0.05, 0.1) is 11.8 Å². The molecule has 3 unspecified atom stereocenters. The zero-order chi connectivity index (χ0) is 11.6. The van der Waals surface area contributed by atoms with Crippen LogP contribution in [0, 0.1) is 22.0 Å². The van der Waals surface area contributed by atoms with Gasteiger partial charge in [0.1, 0.15) is 0 Å². The fraction of sp³-hybridized carbons (Fsp3) is 0.750. The summed E-state index contributed by atoms with van der Waals surface area (Å²) in [6, 6.07) is -0.929. The van der Waals surface area contributed by atoms with Gasteiger partial charge in [-0.05, 0) is 6.42 Å². The minimum Gasteiger partial charge on any atom is -0.481 e. The lowest BCUT2D eigenvalue weighted by molar-refractivity contribution is -0.528. The van der Waals surface area contributed by atoms with E-state index in [1.54, 1.807) is 0 Å². The lowest BCUT2D eigenvalue weighted by Gasteiger charge is -2.26. The van der Waals surface area contributed by atoms with Gasteiger partial charge in [0.15, 0.2) is 0 Å². The molecule has 2 N–H and O–H groups in total. The van der Waals surface area contributed by atoms with Crippen molar-refractivity contribution in [2.75, 3.05) is 0 Å². The second-order valence-electron chi connectivity index (χ2n) is 3.64. The van der Waals surface area contributed by atoms with Gasteiger partial charge < -0.3 is 10.2 Å². The van der Waals surface area contributed by atoms with Crippen molar-refractivity contribution >= 4 is 11.9 Å². The van der Waals surface area contributed by atoms with Crippen LogP contribution in [0.3, 0.4) is 0 Å². The van der Waals surface area contributed by atoms with E-state index in [-0.39, 0.29) is 19.3 Å². The van der Waals surface area contributed by atoms with Gasteiger partial charge in [0, 0.05) is 17.8 Å². The Labute approximate surface area is 84.9 Å². The van der Waals surface area contributed by atoms with Gasteiger partial charge in [-0.15, -0.1) is 0 Å². The highest BCUT2D eigenvalue weighted by atomic mass is 16.6. The molecule has 0 amide bonds. The quantitative estimate of drug-likeness (QED) is 0.515. The van der Waals surface area contributed by atoms with E-state index in [0.29, 0.717) is 0 Å². The normalized spacial score (nSPS) is 30.8. The number of nitrogens with zero attached hydrogens (tertiary/aromatic N) is 1. The van der Waals surface area contributed by atoms with Crippen molar-refractivity contribution in [1.82, 2.24) is 0 Å². The van der Waals surface area contributed by atoms with Crippen LogP contribution >= 0.6 is 0 Å². The van der Waals surface area contributed by atoms with Crippen molar-refractivity contribution in [1.29, 1.82) is 0 Å². The third-order valence-corrected chi connectivity index (χ3v) is 2.76. The first kappa shape index (κ1) is 11.4. The lowest BCUT2D eigenvalue weighted by Crippen LogP contribution is -2.40. The van der Waals surface area contributed by atoms with E-state index in [0.717, 1.165) is 0 Å². The van der Waals surface area contributed by atoms with Crippen molar-refractivity contribution < 1.29 is 24.7 Å². The fourth-order valence-corrected chi connectivity index (χ4v) is 1.91. The molecule has 0 aliphatic heterocycles. The highest BCUT2D eigenvalue weighted by Gasteiger charge is 2.43. The first-order valence-electron chi connectivity index (χ1n) is 4.52. The molecule has 1 aliphatic rings. The van der Waals surface area contributed by atoms with E-state index in [9.17, 15) is 19.7 Å². The summed E-state index contributed by atoms with van der Waals surface area (Å²) in [7, 11) is 0. The average Bonchev–Trinajstić information content (AvgIpc) is 2.16. The highest BCUT2D eigenvalue weighted by Crippen LogP contribution is 2.31. The first-order valence-corrected chi connectivity index (χ1v) is 4.52. The maximum absolute atomic E-state index is 10.8. The zero-order valence-electron chi connectivity index (χ0n) is 7.83. The Balaban J connectivity index is 2.78. The molecule has 0 aromatic heterocycles. The summed E-state index contributed by atoms with van der Waals surface area (Å²) in [5, 5.41) is 28.0. The number of hydrogen-bond donors (Lipinski definition) is 2. The highest BCUT2D eigenvalue weighted by molar-refractivity contribution is 5.80. The van der Waals surface area contributed by atoms with Crippen molar-refractivity contribution in [3.63, 3.8) is 0 Å². The van der Waals surface area contributed by atoms with E-state index in [1.165, 1.54) is 0 Å². The number of aliphatic carboxylic acids is 2. The van der Waals surface area contributed by atoms with Gasteiger partial charge in [0.25, 0.3) is 0 Å². The van der Waals surface area contributed by atoms with Crippen molar-refractivity contribution in [3.05, 3.63) is 10.1 Å². The van der Waals surface area contributed by atoms with E-state index >= 15 is 0 Å². The molecule has 1 aliphatic carbocycles. The van der Waals surface area contributed by atoms with Crippen molar-refractivity contribution in [2.45, 2.75) is 25.3 Å². The summed E-state index contributed by atoms with van der Waals surface area (Å²) in [6.45, 7) is 0. The Hall–Kier alpha value is -1.66. The van der Waals surface area contributed by atoms with Gasteiger partial charge in [-0.25, -0.2) is 0 Å². The third kappa shape index (κ3) is 2.42. The van der Waals surface area contributed by atoms with Gasteiger partial charge in [-0.1, -0.05) is 0 Å². The number of nitro groups is 1. The van der Waals surface area contributed by atoms with Crippen LogP contribution in [0.15, 0.2) is 0 Å². The Morgan fingerprint density at radius 3 is 2.07 bits per heavy atom. The average molecular weight is 217 g/mol. The monoisotopic (exact) mass is 217 g/mol. The number of carbonyl (C=O) groups is 2. The third-order valence-electron chi connectivity index (χ3n) is 2.76.